The normalized spacial score (nSPS) is 11.1. The third kappa shape index (κ3) is 4.56. The van der Waals surface area contributed by atoms with E-state index in [4.69, 9.17) is 4.74 Å². The Labute approximate surface area is 183 Å². The van der Waals surface area contributed by atoms with Gasteiger partial charge in [0.15, 0.2) is 17.8 Å². The van der Waals surface area contributed by atoms with Gasteiger partial charge in [0, 0.05) is 14.1 Å². The molecule has 3 aromatic rings. The van der Waals surface area contributed by atoms with Crippen LogP contribution in [-0.2, 0) is 30.2 Å². The molecule has 0 spiro atoms. The average molecular weight is 442 g/mol. The molecule has 0 bridgehead atoms. The fourth-order valence-electron chi connectivity index (χ4n) is 3.27. The van der Waals surface area contributed by atoms with Crippen molar-refractivity contribution >= 4 is 23.0 Å². The highest BCUT2D eigenvalue weighted by Crippen LogP contribution is 2.27. The third-order valence-electron chi connectivity index (χ3n) is 5.02. The zero-order valence-electron chi connectivity index (χ0n) is 18.6. The fourth-order valence-corrected chi connectivity index (χ4v) is 3.27. The Morgan fingerprint density at radius 1 is 1.09 bits per heavy atom. The highest BCUT2D eigenvalue weighted by molar-refractivity contribution is 5.83. The molecule has 2 aromatic heterocycles. The van der Waals surface area contributed by atoms with E-state index in [1.54, 1.807) is 0 Å². The van der Waals surface area contributed by atoms with Crippen LogP contribution >= 0.6 is 0 Å². The van der Waals surface area contributed by atoms with Crippen LogP contribution in [0.1, 0.15) is 30.9 Å². The second kappa shape index (κ2) is 9.08. The van der Waals surface area contributed by atoms with Crippen molar-refractivity contribution in [1.82, 2.24) is 29.5 Å². The monoisotopic (exact) mass is 442 g/mol. The predicted octanol–water partition coefficient (Wildman–Crippen LogP) is 0.0919. The molecule has 0 atom stereocenters. The minimum atomic E-state index is -0.577. The molecule has 1 aromatic carbocycles. The van der Waals surface area contributed by atoms with E-state index in [0.717, 1.165) is 15.7 Å². The summed E-state index contributed by atoms with van der Waals surface area (Å²) in [4.78, 5) is 52.9. The van der Waals surface area contributed by atoms with Gasteiger partial charge in [0.1, 0.15) is 12.3 Å². The number of hydrazine groups is 1. The number of ether oxygens (including phenoxy) is 1. The summed E-state index contributed by atoms with van der Waals surface area (Å²) in [5.74, 6) is -0.270. The molecule has 170 valence electrons. The summed E-state index contributed by atoms with van der Waals surface area (Å²) in [7, 11) is 2.83. The highest BCUT2D eigenvalue weighted by Gasteiger charge is 2.16. The molecule has 11 nitrogen and oxygen atoms in total. The number of hydrogen-bond acceptors (Lipinski definition) is 6. The van der Waals surface area contributed by atoms with Crippen LogP contribution in [0.15, 0.2) is 34.1 Å². The molecule has 2 N–H and O–H groups in total. The van der Waals surface area contributed by atoms with Gasteiger partial charge in [-0.1, -0.05) is 26.0 Å². The van der Waals surface area contributed by atoms with Crippen LogP contribution in [0.2, 0.25) is 0 Å². The van der Waals surface area contributed by atoms with Crippen LogP contribution in [0.5, 0.6) is 5.75 Å². The maximum Gasteiger partial charge on any atom is 0.332 e. The Bertz CT molecular complexity index is 1300. The molecule has 0 saturated carbocycles. The Balaban J connectivity index is 1.62. The summed E-state index contributed by atoms with van der Waals surface area (Å²) >= 11 is 0. The number of carbonyl (C=O) groups excluding carboxylic acids is 2. The number of nitrogens with one attached hydrogen (secondary N) is 2. The first kappa shape index (κ1) is 22.8. The van der Waals surface area contributed by atoms with E-state index in [9.17, 15) is 19.2 Å². The third-order valence-corrected chi connectivity index (χ3v) is 5.02. The molecule has 0 aliphatic rings. The summed E-state index contributed by atoms with van der Waals surface area (Å²) in [6.07, 6.45) is 1.29. The zero-order valence-corrected chi connectivity index (χ0v) is 18.6. The zero-order chi connectivity index (χ0) is 23.6. The van der Waals surface area contributed by atoms with E-state index in [0.29, 0.717) is 5.75 Å². The topological polar surface area (TPSA) is 129 Å². The van der Waals surface area contributed by atoms with Crippen LogP contribution < -0.4 is 26.8 Å². The standard InChI is InChI=1S/C21H26N6O5/c1-12(2)14-7-6-13(3)8-15(14)32-10-17(29)24-23-16(28)9-27-11-22-19-18(27)20(30)26(5)21(31)25(19)4/h6-8,11-12H,9-10H2,1-5H3,(H,23,28)(H,24,29). The number of carbonyl (C=O) groups is 2. The largest absolute Gasteiger partial charge is 0.483 e. The summed E-state index contributed by atoms with van der Waals surface area (Å²) in [5, 5.41) is 0. The van der Waals surface area contributed by atoms with Crippen LogP contribution in [0.25, 0.3) is 11.2 Å². The molecule has 2 amide bonds. The molecule has 32 heavy (non-hydrogen) atoms. The first-order chi connectivity index (χ1) is 15.1. The van der Waals surface area contributed by atoms with Crippen LogP contribution in [0.3, 0.4) is 0 Å². The van der Waals surface area contributed by atoms with Gasteiger partial charge in [0.2, 0.25) is 0 Å². The molecule has 0 fully saturated rings. The maximum absolute atomic E-state index is 12.4. The Morgan fingerprint density at radius 3 is 2.47 bits per heavy atom. The van der Waals surface area contributed by atoms with Crippen LogP contribution in [0, 0.1) is 6.92 Å². The van der Waals surface area contributed by atoms with Gasteiger partial charge in [-0.25, -0.2) is 9.78 Å². The van der Waals surface area contributed by atoms with Gasteiger partial charge < -0.3 is 9.30 Å². The number of amides is 2. The summed E-state index contributed by atoms with van der Waals surface area (Å²) in [6, 6.07) is 5.80. The van der Waals surface area contributed by atoms with Gasteiger partial charge in [-0.05, 0) is 30.0 Å². The Kier molecular flexibility index (Phi) is 6.47. The second-order valence-electron chi connectivity index (χ2n) is 7.83. The lowest BCUT2D eigenvalue weighted by Gasteiger charge is -2.15. The number of rotatable bonds is 6. The van der Waals surface area contributed by atoms with Gasteiger partial charge in [0.25, 0.3) is 17.4 Å². The minimum Gasteiger partial charge on any atom is -0.483 e. The number of benzene rings is 1. The van der Waals surface area contributed by atoms with Crippen molar-refractivity contribution in [1.29, 1.82) is 0 Å². The smallest absolute Gasteiger partial charge is 0.332 e. The minimum absolute atomic E-state index is 0.111. The van der Waals surface area contributed by atoms with Crippen LogP contribution in [0.4, 0.5) is 0 Å². The molecular weight excluding hydrogens is 416 g/mol. The molecule has 0 aliphatic carbocycles. The first-order valence-corrected chi connectivity index (χ1v) is 10.0. The number of hydrogen-bond donors (Lipinski definition) is 2. The van der Waals surface area contributed by atoms with Crippen LogP contribution in [-0.4, -0.2) is 37.1 Å². The summed E-state index contributed by atoms with van der Waals surface area (Å²) < 4.78 is 9.11. The van der Waals surface area contributed by atoms with Crippen molar-refractivity contribution in [3.05, 3.63) is 56.5 Å². The number of aryl methyl sites for hydroxylation is 2. The predicted molar refractivity (Wildman–Crippen MR) is 117 cm³/mol. The lowest BCUT2D eigenvalue weighted by atomic mass is 10.0. The van der Waals surface area contributed by atoms with E-state index in [2.05, 4.69) is 15.8 Å². The molecule has 0 radical (unpaired) electrons. The van der Waals surface area contributed by atoms with E-state index >= 15 is 0 Å². The van der Waals surface area contributed by atoms with E-state index in [1.807, 2.05) is 39.0 Å². The van der Waals surface area contributed by atoms with Crippen molar-refractivity contribution in [2.75, 3.05) is 6.61 Å². The van der Waals surface area contributed by atoms with Gasteiger partial charge in [-0.3, -0.25) is 34.4 Å². The number of imidazole rings is 1. The molecule has 0 saturated heterocycles. The Morgan fingerprint density at radius 2 is 1.78 bits per heavy atom. The summed E-state index contributed by atoms with van der Waals surface area (Å²) in [6.45, 7) is 5.44. The van der Waals surface area contributed by atoms with Crippen molar-refractivity contribution in [2.45, 2.75) is 33.2 Å². The van der Waals surface area contributed by atoms with Gasteiger partial charge in [-0.2, -0.15) is 0 Å². The van der Waals surface area contributed by atoms with Crippen molar-refractivity contribution in [3.8, 4) is 5.75 Å². The quantitative estimate of drug-likeness (QED) is 0.521. The van der Waals surface area contributed by atoms with Gasteiger partial charge in [-0.15, -0.1) is 0 Å². The molecule has 0 unspecified atom stereocenters. The average Bonchev–Trinajstić information content (AvgIpc) is 3.16. The maximum atomic E-state index is 12.4. The van der Waals surface area contributed by atoms with E-state index in [-0.39, 0.29) is 30.2 Å². The number of nitrogens with zero attached hydrogens (tertiary/aromatic N) is 4. The van der Waals surface area contributed by atoms with Gasteiger partial charge in [0.05, 0.1) is 6.33 Å². The van der Waals surface area contributed by atoms with Gasteiger partial charge >= 0.3 is 5.69 Å². The second-order valence-corrected chi connectivity index (χ2v) is 7.83. The molecular formula is C21H26N6O5. The van der Waals surface area contributed by atoms with Crippen molar-refractivity contribution in [3.63, 3.8) is 0 Å². The molecule has 3 rings (SSSR count). The first-order valence-electron chi connectivity index (χ1n) is 10.0. The molecule has 0 aliphatic heterocycles. The molecule has 2 heterocycles. The van der Waals surface area contributed by atoms with Crippen molar-refractivity contribution in [2.24, 2.45) is 14.1 Å². The molecule has 11 heteroatoms. The Hall–Kier alpha value is -3.89. The lowest BCUT2D eigenvalue weighted by molar-refractivity contribution is -0.130. The van der Waals surface area contributed by atoms with Crippen molar-refractivity contribution < 1.29 is 14.3 Å². The fraction of sp³-hybridized carbons (Fsp3) is 0.381. The van der Waals surface area contributed by atoms with E-state index in [1.165, 1.54) is 29.6 Å². The SMILES string of the molecule is Cc1ccc(C(C)C)c(OCC(=O)NNC(=O)Cn2cnc3c2c(=O)n(C)c(=O)n3C)c1. The summed E-state index contributed by atoms with van der Waals surface area (Å²) in [5.41, 5.74) is 5.76. The number of fused-ring (bicyclic) bond motifs is 1. The highest BCUT2D eigenvalue weighted by atomic mass is 16.5. The van der Waals surface area contributed by atoms with E-state index < -0.39 is 23.1 Å². The lowest BCUT2D eigenvalue weighted by Crippen LogP contribution is -2.45. The number of aromatic nitrogens is 4.